The van der Waals surface area contributed by atoms with Crippen molar-refractivity contribution in [2.75, 3.05) is 0 Å². The third-order valence-electron chi connectivity index (χ3n) is 0. The molecule has 0 aliphatic rings. The summed E-state index contributed by atoms with van der Waals surface area (Å²) in [6.45, 7) is 0. The zero-order valence-corrected chi connectivity index (χ0v) is 9.73. The molecule has 0 aromatic carbocycles. The van der Waals surface area contributed by atoms with Crippen LogP contribution in [-0.2, 0) is 61.3 Å². The number of hydrogen-bond donors (Lipinski definition) is 0. The van der Waals surface area contributed by atoms with Gasteiger partial charge in [-0.3, -0.25) is 0 Å². The van der Waals surface area contributed by atoms with Gasteiger partial charge in [-0.15, -0.1) is 0 Å². The maximum absolute atomic E-state index is 8.06. The molecule has 0 unspecified atom stereocenters. The molecule has 0 atom stereocenters. The number of rotatable bonds is 0. The Labute approximate surface area is 80.7 Å². The van der Waals surface area contributed by atoms with Gasteiger partial charge in [-0.25, -0.2) is 0 Å². The van der Waals surface area contributed by atoms with Crippen LogP contribution in [0.5, 0.6) is 0 Å². The van der Waals surface area contributed by atoms with Gasteiger partial charge in [0.2, 0.25) is 0 Å². The van der Waals surface area contributed by atoms with E-state index in [1.807, 2.05) is 0 Å². The Morgan fingerprint density at radius 1 is 0.667 bits per heavy atom. The van der Waals surface area contributed by atoms with E-state index in [-0.39, 0.29) is 52.4 Å². The van der Waals surface area contributed by atoms with Crippen LogP contribution >= 0.6 is 0 Å². The van der Waals surface area contributed by atoms with Crippen LogP contribution in [0, 0.1) is 0 Å². The van der Waals surface area contributed by atoms with Crippen molar-refractivity contribution < 1.29 is 61.3 Å². The normalized spacial score (nSPS) is 1.33. The van der Waals surface area contributed by atoms with Gasteiger partial charge in [0.25, 0.3) is 0 Å². The van der Waals surface area contributed by atoms with E-state index in [4.69, 9.17) is 8.92 Å². The second kappa shape index (κ2) is 70.6. The van der Waals surface area contributed by atoms with Crippen molar-refractivity contribution in [1.29, 1.82) is 0 Å². The van der Waals surface area contributed by atoms with E-state index in [1.165, 1.54) is 0 Å². The Bertz CT molecular complexity index is 11.5. The molecule has 4 radical (unpaired) electrons. The van der Waals surface area contributed by atoms with Crippen molar-refractivity contribution in [3.05, 3.63) is 0 Å². The third-order valence-corrected chi connectivity index (χ3v) is 0. The molecule has 0 saturated carbocycles. The van der Waals surface area contributed by atoms with Gasteiger partial charge in [0.15, 0.2) is 0 Å². The predicted molar refractivity (Wildman–Crippen MR) is 12.9 cm³/mol. The Hall–Kier alpha value is 1.80. The van der Waals surface area contributed by atoms with Gasteiger partial charge in [-0.05, 0) is 0 Å². The fraction of sp³-hybridized carbons (Fsp3) is 0. The molecule has 0 heterocycles. The summed E-state index contributed by atoms with van der Waals surface area (Å²) in [6, 6.07) is 0. The minimum atomic E-state index is 0. The van der Waals surface area contributed by atoms with Gasteiger partial charge in [-0.1, -0.05) is 0 Å². The van der Waals surface area contributed by atoms with Crippen LogP contribution in [0.25, 0.3) is 0 Å². The third kappa shape index (κ3) is 41.2. The number of hydrogen-bond acceptors (Lipinski definition) is 2. The summed E-state index contributed by atoms with van der Waals surface area (Å²) in [7, 11) is 3.44. The summed E-state index contributed by atoms with van der Waals surface area (Å²) >= 11 is 0. The topological polar surface area (TPSA) is 34.1 Å². The molecule has 0 aliphatic heterocycles. The van der Waals surface area contributed by atoms with E-state index in [0.29, 0.717) is 0 Å². The second-order valence-electron chi connectivity index (χ2n) is 0. The molecule has 0 bridgehead atoms. The Morgan fingerprint density at radius 3 is 0.667 bits per heavy atom. The summed E-state index contributed by atoms with van der Waals surface area (Å²) in [4.78, 5) is 0. The standard InChI is InChI=1S/2OSi.2Zr/c2*1-2;;. The van der Waals surface area contributed by atoms with E-state index in [1.54, 1.807) is 20.3 Å². The molecular weight excluding hydrogens is 271 g/mol. The molecule has 0 fully saturated rings. The average molecular weight is 271 g/mol. The maximum Gasteiger partial charge on any atom is 0.381 e. The Morgan fingerprint density at radius 2 is 0.667 bits per heavy atom. The molecule has 28 valence electrons. The van der Waals surface area contributed by atoms with Crippen LogP contribution < -0.4 is 0 Å². The molecule has 0 aliphatic carbocycles. The van der Waals surface area contributed by atoms with Crippen LogP contribution in [0.4, 0.5) is 0 Å². The monoisotopic (exact) mass is 268 g/mol. The predicted octanol–water partition coefficient (Wildman–Crippen LogP) is -1.00. The van der Waals surface area contributed by atoms with Crippen LogP contribution in [0.3, 0.4) is 0 Å². The van der Waals surface area contributed by atoms with Crippen molar-refractivity contribution in [2.45, 2.75) is 0 Å². The Balaban J connectivity index is -0.00000000500. The minimum Gasteiger partial charge on any atom is -0.381 e. The van der Waals surface area contributed by atoms with Crippen LogP contribution in [0.1, 0.15) is 0 Å². The van der Waals surface area contributed by atoms with Gasteiger partial charge in [0.1, 0.15) is 0 Å². The molecule has 0 N–H and O–H groups in total. The van der Waals surface area contributed by atoms with Crippen molar-refractivity contribution in [2.24, 2.45) is 0 Å². The SMILES string of the molecule is O=[Si].O=[Si].[Zr].[Zr]. The minimum absolute atomic E-state index is 0. The van der Waals surface area contributed by atoms with Gasteiger partial charge < -0.3 is 8.92 Å². The van der Waals surface area contributed by atoms with Gasteiger partial charge >= 0.3 is 20.3 Å². The van der Waals surface area contributed by atoms with Crippen molar-refractivity contribution in [3.63, 3.8) is 0 Å². The van der Waals surface area contributed by atoms with Crippen LogP contribution in [0.15, 0.2) is 0 Å². The summed E-state index contributed by atoms with van der Waals surface area (Å²) in [5.41, 5.74) is 0. The molecule has 2 nitrogen and oxygen atoms in total. The zero-order chi connectivity index (χ0) is 4.00. The van der Waals surface area contributed by atoms with E-state index < -0.39 is 0 Å². The van der Waals surface area contributed by atoms with Crippen molar-refractivity contribution in [1.82, 2.24) is 0 Å². The summed E-state index contributed by atoms with van der Waals surface area (Å²) in [6.07, 6.45) is 0. The largest absolute Gasteiger partial charge is 0.381 e. The molecule has 0 saturated heterocycles. The van der Waals surface area contributed by atoms with Crippen LogP contribution in [-0.4, -0.2) is 20.3 Å². The Kier molecular flexibility index (Phi) is 294. The maximum atomic E-state index is 8.06. The van der Waals surface area contributed by atoms with E-state index in [2.05, 4.69) is 0 Å². The van der Waals surface area contributed by atoms with Gasteiger partial charge in [0, 0.05) is 52.4 Å². The fourth-order valence-electron chi connectivity index (χ4n) is 0. The molecule has 0 rings (SSSR count). The van der Waals surface area contributed by atoms with E-state index in [9.17, 15) is 0 Å². The molecular formula is O2Si2Zr2. The van der Waals surface area contributed by atoms with Gasteiger partial charge in [-0.2, -0.15) is 0 Å². The summed E-state index contributed by atoms with van der Waals surface area (Å²) < 4.78 is 16.1. The second-order valence-corrected chi connectivity index (χ2v) is 0. The first kappa shape index (κ1) is 25.0. The zero-order valence-electron chi connectivity index (χ0n) is 2.82. The molecule has 0 aromatic heterocycles. The fourth-order valence-corrected chi connectivity index (χ4v) is 0. The summed E-state index contributed by atoms with van der Waals surface area (Å²) in [5, 5.41) is 0. The molecule has 0 aromatic rings. The first-order valence-electron chi connectivity index (χ1n) is 0.408. The molecule has 0 amide bonds. The summed E-state index contributed by atoms with van der Waals surface area (Å²) in [5.74, 6) is 0. The van der Waals surface area contributed by atoms with Crippen LogP contribution in [0.2, 0.25) is 0 Å². The average Bonchev–Trinajstić information content (AvgIpc) is 1.50. The molecule has 6 heteroatoms. The van der Waals surface area contributed by atoms with E-state index >= 15 is 0 Å². The first-order chi connectivity index (χ1) is 2.00. The van der Waals surface area contributed by atoms with Gasteiger partial charge in [0.05, 0.1) is 0 Å². The molecule has 0 spiro atoms. The van der Waals surface area contributed by atoms with Crippen molar-refractivity contribution >= 4 is 20.3 Å². The van der Waals surface area contributed by atoms with Crippen molar-refractivity contribution in [3.8, 4) is 0 Å². The smallest absolute Gasteiger partial charge is 0.381 e. The van der Waals surface area contributed by atoms with E-state index in [0.717, 1.165) is 0 Å². The molecule has 6 heavy (non-hydrogen) atoms. The first-order valence-corrected chi connectivity index (χ1v) is 1.22. The quantitative estimate of drug-likeness (QED) is 0.529.